The summed E-state index contributed by atoms with van der Waals surface area (Å²) in [4.78, 5) is 0. The molecule has 0 aliphatic rings. The van der Waals surface area contributed by atoms with E-state index in [2.05, 4.69) is 12.3 Å². The highest BCUT2D eigenvalue weighted by atomic mass is 35.5. The van der Waals surface area contributed by atoms with Gasteiger partial charge in [0.25, 0.3) is 0 Å². The lowest BCUT2D eigenvalue weighted by Crippen LogP contribution is -1.72. The Morgan fingerprint density at radius 2 is 2.09 bits per heavy atom. The van der Waals surface area contributed by atoms with Crippen LogP contribution < -0.4 is 0 Å². The fraction of sp³-hybridized carbons (Fsp3) is 0. The lowest BCUT2D eigenvalue weighted by atomic mass is 10.2. The van der Waals surface area contributed by atoms with Gasteiger partial charge >= 0.3 is 0 Å². The molecule has 0 heterocycles. The molecule has 0 N–H and O–H groups in total. The minimum Gasteiger partial charge on any atom is -0.128 e. The molecule has 11 heavy (non-hydrogen) atoms. The van der Waals surface area contributed by atoms with Crippen molar-refractivity contribution < 1.29 is 0 Å². The van der Waals surface area contributed by atoms with Crippen LogP contribution in [0.5, 0.6) is 0 Å². The maximum absolute atomic E-state index is 5.82. The summed E-state index contributed by atoms with van der Waals surface area (Å²) in [6.07, 6.45) is 1.71. The van der Waals surface area contributed by atoms with E-state index in [1.54, 1.807) is 18.2 Å². The largest absolute Gasteiger partial charge is 0.128 e. The topological polar surface area (TPSA) is 0 Å². The Hall–Kier alpha value is -0.680. The summed E-state index contributed by atoms with van der Waals surface area (Å²) in [5.74, 6) is 0. The van der Waals surface area contributed by atoms with E-state index >= 15 is 0 Å². The highest BCUT2D eigenvalue weighted by molar-refractivity contribution is 6.35. The molecule has 0 aliphatic heterocycles. The zero-order chi connectivity index (χ0) is 8.27. The molecule has 0 unspecified atom stereocenters. The first-order valence-corrected chi connectivity index (χ1v) is 3.80. The molecule has 0 bridgehead atoms. The number of halogens is 2. The van der Waals surface area contributed by atoms with Crippen LogP contribution in [0.15, 0.2) is 30.5 Å². The van der Waals surface area contributed by atoms with E-state index in [1.165, 1.54) is 0 Å². The van der Waals surface area contributed by atoms with Gasteiger partial charge in [-0.25, -0.2) is 0 Å². The van der Waals surface area contributed by atoms with E-state index in [-0.39, 0.29) is 0 Å². The van der Waals surface area contributed by atoms with Gasteiger partial charge in [-0.2, -0.15) is 0 Å². The lowest BCUT2D eigenvalue weighted by molar-refractivity contribution is 1.66. The Kier molecular flexibility index (Phi) is 2.78. The van der Waals surface area contributed by atoms with Crippen LogP contribution in [0.1, 0.15) is 5.56 Å². The van der Waals surface area contributed by atoms with Gasteiger partial charge < -0.3 is 0 Å². The van der Waals surface area contributed by atoms with Gasteiger partial charge in [0.1, 0.15) is 0 Å². The smallest absolute Gasteiger partial charge is 0.0499 e. The zero-order valence-corrected chi connectivity index (χ0v) is 7.28. The van der Waals surface area contributed by atoms with E-state index in [9.17, 15) is 0 Å². The van der Waals surface area contributed by atoms with Crippen molar-refractivity contribution in [3.63, 3.8) is 0 Å². The monoisotopic (exact) mass is 184 g/mol. The molecular weight excluding hydrogens is 179 g/mol. The first kappa shape index (κ1) is 8.42. The average Bonchev–Trinajstić information content (AvgIpc) is 1.95. The first-order valence-electron chi connectivity index (χ1n) is 3.05. The van der Waals surface area contributed by atoms with Gasteiger partial charge in [0.15, 0.2) is 0 Å². The third-order valence-electron chi connectivity index (χ3n) is 1.22. The molecule has 0 saturated heterocycles. The Morgan fingerprint density at radius 3 is 2.64 bits per heavy atom. The summed E-state index contributed by atoms with van der Waals surface area (Å²) in [6, 6.07) is 5.28. The highest BCUT2D eigenvalue weighted by Crippen LogP contribution is 2.21. The number of hydrogen-bond acceptors (Lipinski definition) is 0. The van der Waals surface area contributed by atoms with Crippen LogP contribution in [-0.4, -0.2) is 0 Å². The fourth-order valence-electron chi connectivity index (χ4n) is 0.729. The molecular formula is C9H6Cl2. The number of rotatable bonds is 1. The van der Waals surface area contributed by atoms with Crippen LogP contribution in [-0.2, 0) is 0 Å². The summed E-state index contributed by atoms with van der Waals surface area (Å²) in [5, 5.41) is 1.25. The Labute approximate surface area is 75.8 Å². The standard InChI is InChI=1S/C9H6Cl2/c1-2-3-7-4-5-8(10)6-9(7)11/h3-6H,1H2. The average molecular weight is 185 g/mol. The normalized spacial score (nSPS) is 8.91. The molecule has 0 saturated carbocycles. The lowest BCUT2D eigenvalue weighted by Gasteiger charge is -1.95. The maximum Gasteiger partial charge on any atom is 0.0499 e. The fourth-order valence-corrected chi connectivity index (χ4v) is 1.19. The molecule has 2 heteroatoms. The van der Waals surface area contributed by atoms with Crippen LogP contribution in [0.2, 0.25) is 10.0 Å². The Balaban J connectivity index is 3.19. The number of benzene rings is 1. The van der Waals surface area contributed by atoms with Gasteiger partial charge in [0.05, 0.1) is 0 Å². The molecule has 0 radical (unpaired) electrons. The molecule has 1 aromatic carbocycles. The third kappa shape index (κ3) is 2.13. The van der Waals surface area contributed by atoms with Crippen LogP contribution in [0.4, 0.5) is 0 Å². The summed E-state index contributed by atoms with van der Waals surface area (Å²) < 4.78 is 0. The van der Waals surface area contributed by atoms with Gasteiger partial charge in [-0.3, -0.25) is 0 Å². The van der Waals surface area contributed by atoms with Crippen LogP contribution >= 0.6 is 23.2 Å². The molecule has 1 aromatic rings. The van der Waals surface area contributed by atoms with E-state index < -0.39 is 0 Å². The van der Waals surface area contributed by atoms with Crippen LogP contribution in [0.25, 0.3) is 6.08 Å². The first-order chi connectivity index (χ1) is 5.24. The molecule has 0 aromatic heterocycles. The van der Waals surface area contributed by atoms with Gasteiger partial charge in [0.2, 0.25) is 0 Å². The van der Waals surface area contributed by atoms with E-state index in [1.807, 2.05) is 6.07 Å². The second-order valence-corrected chi connectivity index (χ2v) is 2.86. The van der Waals surface area contributed by atoms with Crippen molar-refractivity contribution in [2.45, 2.75) is 0 Å². The van der Waals surface area contributed by atoms with Crippen LogP contribution in [0.3, 0.4) is 0 Å². The minimum absolute atomic E-state index is 0.619. The van der Waals surface area contributed by atoms with Crippen molar-refractivity contribution in [2.75, 3.05) is 0 Å². The molecule has 0 nitrogen and oxygen atoms in total. The van der Waals surface area contributed by atoms with E-state index in [0.29, 0.717) is 10.0 Å². The van der Waals surface area contributed by atoms with Gasteiger partial charge in [-0.05, 0) is 18.2 Å². The number of hydrogen-bond donors (Lipinski definition) is 0. The van der Waals surface area contributed by atoms with Gasteiger partial charge in [-0.15, -0.1) is 5.73 Å². The second-order valence-electron chi connectivity index (χ2n) is 2.01. The summed E-state index contributed by atoms with van der Waals surface area (Å²) >= 11 is 11.5. The third-order valence-corrected chi connectivity index (χ3v) is 1.78. The predicted molar refractivity (Wildman–Crippen MR) is 50.1 cm³/mol. The van der Waals surface area contributed by atoms with Crippen molar-refractivity contribution in [1.82, 2.24) is 0 Å². The van der Waals surface area contributed by atoms with Gasteiger partial charge in [0, 0.05) is 15.6 Å². The minimum atomic E-state index is 0.619. The summed E-state index contributed by atoms with van der Waals surface area (Å²) in [5.41, 5.74) is 3.52. The van der Waals surface area contributed by atoms with E-state index in [0.717, 1.165) is 5.56 Å². The zero-order valence-electron chi connectivity index (χ0n) is 5.77. The molecule has 0 fully saturated rings. The molecule has 0 atom stereocenters. The Morgan fingerprint density at radius 1 is 1.36 bits per heavy atom. The molecule has 0 amide bonds. The molecule has 1 rings (SSSR count). The van der Waals surface area contributed by atoms with Crippen molar-refractivity contribution >= 4 is 29.3 Å². The van der Waals surface area contributed by atoms with Gasteiger partial charge in [-0.1, -0.05) is 35.8 Å². The molecule has 0 spiro atoms. The van der Waals surface area contributed by atoms with Crippen molar-refractivity contribution in [2.24, 2.45) is 0 Å². The van der Waals surface area contributed by atoms with Crippen molar-refractivity contribution in [3.8, 4) is 0 Å². The quantitative estimate of drug-likeness (QED) is 0.583. The maximum atomic E-state index is 5.82. The van der Waals surface area contributed by atoms with E-state index in [4.69, 9.17) is 23.2 Å². The SMILES string of the molecule is C=C=Cc1ccc(Cl)cc1Cl. The summed E-state index contributed by atoms with van der Waals surface area (Å²) in [7, 11) is 0. The predicted octanol–water partition coefficient (Wildman–Crippen LogP) is 3.79. The highest BCUT2D eigenvalue weighted by Gasteiger charge is 1.95. The van der Waals surface area contributed by atoms with Crippen molar-refractivity contribution in [3.05, 3.63) is 46.1 Å². The Bertz CT molecular complexity index is 309. The molecule has 56 valence electrons. The van der Waals surface area contributed by atoms with Crippen molar-refractivity contribution in [1.29, 1.82) is 0 Å². The second kappa shape index (κ2) is 3.64. The summed E-state index contributed by atoms with van der Waals surface area (Å²) in [6.45, 7) is 3.45. The molecule has 0 aliphatic carbocycles. The van der Waals surface area contributed by atoms with Crippen LogP contribution in [0, 0.1) is 0 Å².